The third kappa shape index (κ3) is 7.99. The molecule has 188 valence electrons. The van der Waals surface area contributed by atoms with Crippen LogP contribution in [0.2, 0.25) is 0 Å². The monoisotopic (exact) mass is 483 g/mol. The molecule has 0 saturated carbocycles. The van der Waals surface area contributed by atoms with Crippen LogP contribution in [0.5, 0.6) is 5.75 Å². The molecular formula is C26H33N3O6. The number of benzene rings is 2. The van der Waals surface area contributed by atoms with E-state index in [-0.39, 0.29) is 13.2 Å². The van der Waals surface area contributed by atoms with Crippen LogP contribution < -0.4 is 10.1 Å². The first-order valence-corrected chi connectivity index (χ1v) is 11.4. The van der Waals surface area contributed by atoms with E-state index in [0.29, 0.717) is 11.6 Å². The summed E-state index contributed by atoms with van der Waals surface area (Å²) >= 11 is 0. The number of imidazole rings is 1. The summed E-state index contributed by atoms with van der Waals surface area (Å²) < 4.78 is 15.9. The molecule has 9 heteroatoms. The number of carbonyl (C=O) groups excluding carboxylic acids is 2. The van der Waals surface area contributed by atoms with Crippen LogP contribution >= 0.6 is 0 Å². The number of nitrogens with zero attached hydrogens (tertiary/aromatic N) is 1. The van der Waals surface area contributed by atoms with Crippen molar-refractivity contribution in [1.29, 1.82) is 0 Å². The number of fused-ring (bicyclic) bond motifs is 1. The van der Waals surface area contributed by atoms with Gasteiger partial charge in [0.25, 0.3) is 0 Å². The fourth-order valence-corrected chi connectivity index (χ4v) is 3.15. The highest BCUT2D eigenvalue weighted by molar-refractivity contribution is 5.82. The van der Waals surface area contributed by atoms with Crippen molar-refractivity contribution in [3.8, 4) is 16.9 Å². The second-order valence-corrected chi connectivity index (χ2v) is 10.2. The van der Waals surface area contributed by atoms with Crippen LogP contribution in [0.3, 0.4) is 0 Å². The Morgan fingerprint density at radius 2 is 1.60 bits per heavy atom. The van der Waals surface area contributed by atoms with Crippen LogP contribution in [0.4, 0.5) is 4.79 Å². The van der Waals surface area contributed by atoms with Crippen molar-refractivity contribution >= 4 is 23.1 Å². The second-order valence-electron chi connectivity index (χ2n) is 10.2. The van der Waals surface area contributed by atoms with Crippen molar-refractivity contribution < 1.29 is 28.9 Å². The van der Waals surface area contributed by atoms with E-state index in [4.69, 9.17) is 14.2 Å². The first-order valence-electron chi connectivity index (χ1n) is 11.4. The van der Waals surface area contributed by atoms with E-state index < -0.39 is 29.4 Å². The molecule has 0 unspecified atom stereocenters. The Bertz CT molecular complexity index is 1170. The Morgan fingerprint density at radius 3 is 2.23 bits per heavy atom. The number of aromatic nitrogens is 2. The number of amides is 1. The standard InChI is InChI=1S/C26H33N3O6/c1-25(2,3)34-23(31)21(30)15-33-18-10-7-16(8-11-18)17-9-12-19-20(13-17)29-22(28-19)14-27-24(32)35-26(4,5)6/h7-13,21,30H,14-15H2,1-6H3,(H,27,32)(H,28,29)/t21-/m1/s1. The van der Waals surface area contributed by atoms with Gasteiger partial charge in [-0.2, -0.15) is 0 Å². The van der Waals surface area contributed by atoms with Gasteiger partial charge < -0.3 is 29.6 Å². The number of aromatic amines is 1. The maximum atomic E-state index is 11.9. The van der Waals surface area contributed by atoms with E-state index in [0.717, 1.165) is 22.2 Å². The lowest BCUT2D eigenvalue weighted by atomic mass is 10.1. The predicted molar refractivity (Wildman–Crippen MR) is 132 cm³/mol. The summed E-state index contributed by atoms with van der Waals surface area (Å²) in [5.74, 6) is 0.424. The smallest absolute Gasteiger partial charge is 0.408 e. The van der Waals surface area contributed by atoms with Crippen LogP contribution in [-0.4, -0.2) is 51.0 Å². The fourth-order valence-electron chi connectivity index (χ4n) is 3.15. The second kappa shape index (κ2) is 10.4. The van der Waals surface area contributed by atoms with E-state index in [2.05, 4.69) is 15.3 Å². The molecule has 9 nitrogen and oxygen atoms in total. The summed E-state index contributed by atoms with van der Waals surface area (Å²) in [6, 6.07) is 13.1. The first-order chi connectivity index (χ1) is 16.3. The van der Waals surface area contributed by atoms with Crippen LogP contribution in [0.1, 0.15) is 47.4 Å². The molecule has 3 rings (SSSR count). The van der Waals surface area contributed by atoms with Crippen molar-refractivity contribution in [1.82, 2.24) is 15.3 Å². The molecule has 0 fully saturated rings. The summed E-state index contributed by atoms with van der Waals surface area (Å²) in [7, 11) is 0. The molecule has 0 radical (unpaired) electrons. The highest BCUT2D eigenvalue weighted by Gasteiger charge is 2.23. The van der Waals surface area contributed by atoms with E-state index in [1.165, 1.54) is 0 Å². The molecule has 0 aliphatic heterocycles. The van der Waals surface area contributed by atoms with Crippen molar-refractivity contribution in [2.24, 2.45) is 0 Å². The zero-order chi connectivity index (χ0) is 25.8. The number of nitrogens with one attached hydrogen (secondary N) is 2. The minimum absolute atomic E-state index is 0.200. The number of alkyl carbamates (subject to hydrolysis) is 1. The molecule has 0 aliphatic rings. The third-order valence-corrected chi connectivity index (χ3v) is 4.60. The van der Waals surface area contributed by atoms with Crippen molar-refractivity contribution in [3.63, 3.8) is 0 Å². The summed E-state index contributed by atoms with van der Waals surface area (Å²) in [6.07, 6.45) is -1.87. The third-order valence-electron chi connectivity index (χ3n) is 4.60. The number of aliphatic hydroxyl groups is 1. The highest BCUT2D eigenvalue weighted by Crippen LogP contribution is 2.25. The number of hydrogen-bond acceptors (Lipinski definition) is 7. The maximum absolute atomic E-state index is 11.9. The lowest BCUT2D eigenvalue weighted by Gasteiger charge is -2.21. The largest absolute Gasteiger partial charge is 0.490 e. The van der Waals surface area contributed by atoms with Crippen molar-refractivity contribution in [2.45, 2.75) is 65.4 Å². The van der Waals surface area contributed by atoms with Gasteiger partial charge in [-0.3, -0.25) is 0 Å². The zero-order valence-corrected chi connectivity index (χ0v) is 21.0. The molecule has 1 heterocycles. The Balaban J connectivity index is 1.60. The normalized spacial score (nSPS) is 12.8. The molecule has 35 heavy (non-hydrogen) atoms. The van der Waals surface area contributed by atoms with E-state index in [1.54, 1.807) is 53.7 Å². The minimum Gasteiger partial charge on any atom is -0.490 e. The summed E-state index contributed by atoms with van der Waals surface area (Å²) in [4.78, 5) is 31.5. The first kappa shape index (κ1) is 26.0. The van der Waals surface area contributed by atoms with Gasteiger partial charge in [-0.15, -0.1) is 0 Å². The molecule has 2 aromatic carbocycles. The van der Waals surface area contributed by atoms with Gasteiger partial charge in [0, 0.05) is 0 Å². The van der Waals surface area contributed by atoms with Gasteiger partial charge >= 0.3 is 12.1 Å². The molecule has 3 aromatic rings. The molecule has 0 bridgehead atoms. The lowest BCUT2D eigenvalue weighted by Crippen LogP contribution is -2.35. The number of ether oxygens (including phenoxy) is 3. The number of aliphatic hydroxyl groups excluding tert-OH is 1. The van der Waals surface area contributed by atoms with Gasteiger partial charge in [-0.05, 0) is 76.9 Å². The van der Waals surface area contributed by atoms with Gasteiger partial charge in [0.1, 0.15) is 29.4 Å². The molecule has 0 saturated heterocycles. The van der Waals surface area contributed by atoms with E-state index in [1.807, 2.05) is 30.3 Å². The molecule has 0 aliphatic carbocycles. The van der Waals surface area contributed by atoms with Gasteiger partial charge in [0.15, 0.2) is 6.10 Å². The quantitative estimate of drug-likeness (QED) is 0.427. The van der Waals surface area contributed by atoms with E-state index in [9.17, 15) is 14.7 Å². The number of rotatable bonds is 7. The van der Waals surface area contributed by atoms with Crippen LogP contribution in [0.15, 0.2) is 42.5 Å². The lowest BCUT2D eigenvalue weighted by molar-refractivity contribution is -0.166. The van der Waals surface area contributed by atoms with Crippen LogP contribution in [0.25, 0.3) is 22.2 Å². The number of esters is 1. The van der Waals surface area contributed by atoms with E-state index >= 15 is 0 Å². The maximum Gasteiger partial charge on any atom is 0.408 e. The summed E-state index contributed by atoms with van der Waals surface area (Å²) in [6.45, 7) is 10.7. The van der Waals surface area contributed by atoms with Crippen LogP contribution in [-0.2, 0) is 20.8 Å². The molecule has 1 aromatic heterocycles. The summed E-state index contributed by atoms with van der Waals surface area (Å²) in [5.41, 5.74) is 2.30. The Hall–Kier alpha value is -3.59. The molecule has 1 amide bonds. The van der Waals surface area contributed by atoms with Gasteiger partial charge in [-0.1, -0.05) is 18.2 Å². The molecular weight excluding hydrogens is 450 g/mol. The molecule has 3 N–H and O–H groups in total. The zero-order valence-electron chi connectivity index (χ0n) is 21.0. The fraction of sp³-hybridized carbons (Fsp3) is 0.423. The molecule has 0 spiro atoms. The highest BCUT2D eigenvalue weighted by atomic mass is 16.6. The average molecular weight is 484 g/mol. The Kier molecular flexibility index (Phi) is 7.70. The predicted octanol–water partition coefficient (Wildman–Crippen LogP) is 4.34. The Morgan fingerprint density at radius 1 is 0.971 bits per heavy atom. The van der Waals surface area contributed by atoms with Gasteiger partial charge in [0.05, 0.1) is 17.6 Å². The number of carbonyl (C=O) groups is 2. The minimum atomic E-state index is -1.37. The van der Waals surface area contributed by atoms with Crippen molar-refractivity contribution in [3.05, 3.63) is 48.3 Å². The summed E-state index contributed by atoms with van der Waals surface area (Å²) in [5, 5.41) is 12.6. The SMILES string of the molecule is CC(C)(C)OC(=O)NCc1nc2ccc(-c3ccc(OC[C@@H](O)C(=O)OC(C)(C)C)cc3)cc2[nH]1. The van der Waals surface area contributed by atoms with Crippen LogP contribution in [0, 0.1) is 0 Å². The Labute approximate surface area is 204 Å². The number of hydrogen-bond donors (Lipinski definition) is 3. The van der Waals surface area contributed by atoms with Crippen molar-refractivity contribution in [2.75, 3.05) is 6.61 Å². The topological polar surface area (TPSA) is 123 Å². The average Bonchev–Trinajstić information content (AvgIpc) is 3.16. The number of H-pyrrole nitrogens is 1. The van der Waals surface area contributed by atoms with Gasteiger partial charge in [-0.25, -0.2) is 14.6 Å². The molecule has 1 atom stereocenters. The van der Waals surface area contributed by atoms with Gasteiger partial charge in [0.2, 0.25) is 0 Å².